The molecule has 1 aliphatic heterocycles. The highest BCUT2D eigenvalue weighted by atomic mass is 16.5. The third-order valence-electron chi connectivity index (χ3n) is 5.61. The van der Waals surface area contributed by atoms with Crippen molar-refractivity contribution < 1.29 is 14.3 Å². The molecule has 5 heteroatoms. The Morgan fingerprint density at radius 3 is 2.75 bits per heavy atom. The van der Waals surface area contributed by atoms with E-state index in [4.69, 9.17) is 9.47 Å². The first-order valence-corrected chi connectivity index (χ1v) is 10.3. The molecule has 148 valence electrons. The monoisotopic (exact) mass is 380 g/mol. The summed E-state index contributed by atoms with van der Waals surface area (Å²) in [4.78, 5) is 15.0. The second kappa shape index (κ2) is 9.22. The average Bonchev–Trinajstić information content (AvgIpc) is 2.74. The summed E-state index contributed by atoms with van der Waals surface area (Å²) < 4.78 is 11.9. The topological polar surface area (TPSA) is 50.8 Å². The second-order valence-electron chi connectivity index (χ2n) is 7.51. The molecule has 2 aromatic carbocycles. The summed E-state index contributed by atoms with van der Waals surface area (Å²) in [6, 6.07) is 17.6. The molecule has 1 saturated heterocycles. The summed E-state index contributed by atoms with van der Waals surface area (Å²) in [6.45, 7) is 2.47. The van der Waals surface area contributed by atoms with Gasteiger partial charge in [0.2, 0.25) is 5.91 Å². The van der Waals surface area contributed by atoms with Gasteiger partial charge in [0.1, 0.15) is 5.75 Å². The molecule has 5 nitrogen and oxygen atoms in total. The van der Waals surface area contributed by atoms with Gasteiger partial charge in [0.25, 0.3) is 0 Å². The molecule has 1 saturated carbocycles. The number of rotatable bonds is 6. The van der Waals surface area contributed by atoms with E-state index >= 15 is 0 Å². The molecule has 1 N–H and O–H groups in total. The Morgan fingerprint density at radius 2 is 1.86 bits per heavy atom. The lowest BCUT2D eigenvalue weighted by Crippen LogP contribution is -2.53. The number of carbonyl (C=O) groups is 1. The van der Waals surface area contributed by atoms with E-state index < -0.39 is 0 Å². The minimum atomic E-state index is 0.0166. The van der Waals surface area contributed by atoms with Gasteiger partial charge >= 0.3 is 0 Å². The Kier molecular flexibility index (Phi) is 6.24. The van der Waals surface area contributed by atoms with E-state index in [2.05, 4.69) is 10.2 Å². The molecule has 1 heterocycles. The Labute approximate surface area is 166 Å². The van der Waals surface area contributed by atoms with Gasteiger partial charge in [0.05, 0.1) is 18.4 Å². The summed E-state index contributed by atoms with van der Waals surface area (Å²) in [5, 5.41) is 3.02. The highest BCUT2D eigenvalue weighted by Gasteiger charge is 2.33. The van der Waals surface area contributed by atoms with Crippen LogP contribution in [-0.4, -0.2) is 42.6 Å². The summed E-state index contributed by atoms with van der Waals surface area (Å²) in [5.74, 6) is 1.42. The van der Waals surface area contributed by atoms with Crippen molar-refractivity contribution in [3.63, 3.8) is 0 Å². The van der Waals surface area contributed by atoms with E-state index in [1.807, 2.05) is 54.6 Å². The molecule has 0 radical (unpaired) electrons. The molecule has 2 unspecified atom stereocenters. The zero-order valence-corrected chi connectivity index (χ0v) is 16.2. The van der Waals surface area contributed by atoms with E-state index in [1.54, 1.807) is 0 Å². The number of hydrogen-bond acceptors (Lipinski definition) is 4. The third-order valence-corrected chi connectivity index (χ3v) is 5.61. The number of nitrogens with zero attached hydrogens (tertiary/aromatic N) is 1. The number of amides is 1. The molecule has 1 aliphatic carbocycles. The zero-order chi connectivity index (χ0) is 19.2. The average molecular weight is 380 g/mol. The Hall–Kier alpha value is -2.37. The number of para-hydroxylation sites is 3. The van der Waals surface area contributed by atoms with Crippen LogP contribution in [0.25, 0.3) is 0 Å². The van der Waals surface area contributed by atoms with Gasteiger partial charge in [-0.1, -0.05) is 43.2 Å². The molecule has 1 amide bonds. The van der Waals surface area contributed by atoms with Gasteiger partial charge in [-0.2, -0.15) is 0 Å². The van der Waals surface area contributed by atoms with Crippen molar-refractivity contribution in [3.05, 3.63) is 54.6 Å². The predicted octanol–water partition coefficient (Wildman–Crippen LogP) is 4.45. The molecule has 2 aliphatic rings. The van der Waals surface area contributed by atoms with Crippen LogP contribution in [0, 0.1) is 0 Å². The molecule has 0 bridgehead atoms. The molecule has 0 aromatic heterocycles. The fourth-order valence-corrected chi connectivity index (χ4v) is 4.19. The Balaban J connectivity index is 1.34. The van der Waals surface area contributed by atoms with Gasteiger partial charge in [-0.25, -0.2) is 0 Å². The standard InChI is InChI=1S/C23H28N2O3/c26-23(14-15-25-16-17-27-22-13-7-5-11-20(22)25)24-19-10-4-6-12-21(19)28-18-8-2-1-3-9-18/h1-4,6,8-10,12,20,22H,5,7,11,13-17H2,(H,24,26). The van der Waals surface area contributed by atoms with Gasteiger partial charge in [0.15, 0.2) is 5.75 Å². The van der Waals surface area contributed by atoms with Crippen LogP contribution in [0.4, 0.5) is 5.69 Å². The molecule has 2 atom stereocenters. The van der Waals surface area contributed by atoms with Crippen molar-refractivity contribution in [2.45, 2.75) is 44.2 Å². The summed E-state index contributed by atoms with van der Waals surface area (Å²) >= 11 is 0. The number of hydrogen-bond donors (Lipinski definition) is 1. The molecule has 2 aromatic rings. The number of morpholine rings is 1. The smallest absolute Gasteiger partial charge is 0.225 e. The van der Waals surface area contributed by atoms with Gasteiger partial charge in [-0.05, 0) is 37.1 Å². The lowest BCUT2D eigenvalue weighted by molar-refractivity contribution is -0.118. The van der Waals surface area contributed by atoms with Gasteiger partial charge < -0.3 is 14.8 Å². The van der Waals surface area contributed by atoms with Crippen LogP contribution in [0.3, 0.4) is 0 Å². The molecular formula is C23H28N2O3. The number of anilines is 1. The maximum Gasteiger partial charge on any atom is 0.225 e. The highest BCUT2D eigenvalue weighted by molar-refractivity contribution is 5.92. The quantitative estimate of drug-likeness (QED) is 0.804. The molecule has 0 spiro atoms. The normalized spacial score (nSPS) is 22.3. The van der Waals surface area contributed by atoms with Crippen molar-refractivity contribution in [2.24, 2.45) is 0 Å². The van der Waals surface area contributed by atoms with Gasteiger partial charge in [-0.15, -0.1) is 0 Å². The number of fused-ring (bicyclic) bond motifs is 1. The first-order chi connectivity index (χ1) is 13.8. The number of benzene rings is 2. The molecule has 2 fully saturated rings. The van der Waals surface area contributed by atoms with Crippen molar-refractivity contribution >= 4 is 11.6 Å². The van der Waals surface area contributed by atoms with Crippen LogP contribution in [0.2, 0.25) is 0 Å². The molecule has 28 heavy (non-hydrogen) atoms. The largest absolute Gasteiger partial charge is 0.455 e. The fourth-order valence-electron chi connectivity index (χ4n) is 4.19. The van der Waals surface area contributed by atoms with E-state index in [0.717, 1.165) is 31.9 Å². The van der Waals surface area contributed by atoms with E-state index in [0.29, 0.717) is 30.0 Å². The van der Waals surface area contributed by atoms with Crippen LogP contribution in [0.5, 0.6) is 11.5 Å². The minimum absolute atomic E-state index is 0.0166. The van der Waals surface area contributed by atoms with E-state index in [1.165, 1.54) is 19.3 Å². The fraction of sp³-hybridized carbons (Fsp3) is 0.435. The lowest BCUT2D eigenvalue weighted by atomic mass is 9.90. The van der Waals surface area contributed by atoms with Crippen molar-refractivity contribution in [1.82, 2.24) is 4.90 Å². The SMILES string of the molecule is O=C(CCN1CCOC2CCCCC21)Nc1ccccc1Oc1ccccc1. The van der Waals surface area contributed by atoms with Gasteiger partial charge in [-0.3, -0.25) is 9.69 Å². The maximum atomic E-state index is 12.6. The summed E-state index contributed by atoms with van der Waals surface area (Å²) in [6.07, 6.45) is 5.68. The van der Waals surface area contributed by atoms with Gasteiger partial charge in [0, 0.05) is 25.6 Å². The van der Waals surface area contributed by atoms with Crippen LogP contribution in [-0.2, 0) is 9.53 Å². The van der Waals surface area contributed by atoms with Crippen molar-refractivity contribution in [1.29, 1.82) is 0 Å². The molecule has 4 rings (SSSR count). The van der Waals surface area contributed by atoms with Crippen LogP contribution < -0.4 is 10.1 Å². The lowest BCUT2D eigenvalue weighted by Gasteiger charge is -2.43. The van der Waals surface area contributed by atoms with Crippen LogP contribution >= 0.6 is 0 Å². The predicted molar refractivity (Wildman–Crippen MR) is 110 cm³/mol. The van der Waals surface area contributed by atoms with Crippen LogP contribution in [0.1, 0.15) is 32.1 Å². The summed E-state index contributed by atoms with van der Waals surface area (Å²) in [7, 11) is 0. The first-order valence-electron chi connectivity index (χ1n) is 10.3. The van der Waals surface area contributed by atoms with E-state index in [-0.39, 0.29) is 5.91 Å². The van der Waals surface area contributed by atoms with Crippen LogP contribution in [0.15, 0.2) is 54.6 Å². The number of ether oxygens (including phenoxy) is 2. The second-order valence-corrected chi connectivity index (χ2v) is 7.51. The third kappa shape index (κ3) is 4.72. The van der Waals surface area contributed by atoms with Crippen molar-refractivity contribution in [3.8, 4) is 11.5 Å². The molecular weight excluding hydrogens is 352 g/mol. The number of nitrogens with one attached hydrogen (secondary N) is 1. The summed E-state index contributed by atoms with van der Waals surface area (Å²) in [5.41, 5.74) is 0.703. The zero-order valence-electron chi connectivity index (χ0n) is 16.2. The Bertz CT molecular complexity index is 778. The minimum Gasteiger partial charge on any atom is -0.455 e. The van der Waals surface area contributed by atoms with Crippen molar-refractivity contribution in [2.75, 3.05) is 25.0 Å². The van der Waals surface area contributed by atoms with E-state index in [9.17, 15) is 4.79 Å². The Morgan fingerprint density at radius 1 is 1.07 bits per heavy atom. The maximum absolute atomic E-state index is 12.6. The highest BCUT2D eigenvalue weighted by Crippen LogP contribution is 2.30. The first kappa shape index (κ1) is 19.0. The number of carbonyl (C=O) groups excluding carboxylic acids is 1.